The van der Waals surface area contributed by atoms with E-state index in [0.717, 1.165) is 17.8 Å². The zero-order valence-corrected chi connectivity index (χ0v) is 8.00. The Morgan fingerprint density at radius 3 is 3.00 bits per heavy atom. The van der Waals surface area contributed by atoms with Crippen LogP contribution in [-0.2, 0) is 0 Å². The van der Waals surface area contributed by atoms with Gasteiger partial charge in [-0.05, 0) is 26.2 Å². The van der Waals surface area contributed by atoms with Gasteiger partial charge in [-0.1, -0.05) is 30.8 Å². The third-order valence-electron chi connectivity index (χ3n) is 2.07. The number of nitrogens with one attached hydrogen (secondary N) is 1. The van der Waals surface area contributed by atoms with Crippen LogP contribution in [0.4, 0.5) is 0 Å². The van der Waals surface area contributed by atoms with E-state index >= 15 is 0 Å². The molecule has 0 spiro atoms. The van der Waals surface area contributed by atoms with Crippen molar-refractivity contribution in [2.75, 3.05) is 0 Å². The van der Waals surface area contributed by atoms with Gasteiger partial charge in [0, 0.05) is 6.04 Å². The second kappa shape index (κ2) is 3.86. The molecule has 1 aliphatic heterocycles. The first-order valence-corrected chi connectivity index (χ1v) is 4.61. The molecule has 2 heteroatoms. The molecule has 1 aliphatic rings. The summed E-state index contributed by atoms with van der Waals surface area (Å²) in [4.78, 5) is 1.03. The van der Waals surface area contributed by atoms with Crippen molar-refractivity contribution in [2.24, 2.45) is 0 Å². The third kappa shape index (κ3) is 2.29. The fraction of sp³-hybridized carbons (Fsp3) is 0.667. The van der Waals surface area contributed by atoms with Gasteiger partial charge in [-0.3, -0.25) is 0 Å². The highest BCUT2D eigenvalue weighted by Gasteiger charge is 2.18. The van der Waals surface area contributed by atoms with Crippen molar-refractivity contribution in [1.29, 1.82) is 0 Å². The molecule has 1 atom stereocenters. The Morgan fingerprint density at radius 2 is 2.55 bits per heavy atom. The Bertz CT molecular complexity index is 184. The van der Waals surface area contributed by atoms with E-state index in [1.165, 1.54) is 12.0 Å². The van der Waals surface area contributed by atoms with Crippen LogP contribution in [-0.4, -0.2) is 11.0 Å². The number of rotatable bonds is 2. The van der Waals surface area contributed by atoms with Crippen molar-refractivity contribution in [2.45, 2.75) is 39.2 Å². The van der Waals surface area contributed by atoms with Crippen LogP contribution in [0.1, 0.15) is 33.1 Å². The SMILES string of the molecule is CC/C=C(\C)C1CCC(=S)N1. The maximum Gasteiger partial charge on any atom is 0.0758 e. The van der Waals surface area contributed by atoms with Gasteiger partial charge in [0.1, 0.15) is 0 Å². The van der Waals surface area contributed by atoms with Gasteiger partial charge in [0.15, 0.2) is 0 Å². The van der Waals surface area contributed by atoms with E-state index in [1.807, 2.05) is 0 Å². The number of thiocarbonyl (C=S) groups is 1. The van der Waals surface area contributed by atoms with E-state index in [-0.39, 0.29) is 0 Å². The minimum atomic E-state index is 0.530. The topological polar surface area (TPSA) is 12.0 Å². The van der Waals surface area contributed by atoms with Crippen molar-refractivity contribution >= 4 is 17.2 Å². The van der Waals surface area contributed by atoms with Crippen molar-refractivity contribution in [3.8, 4) is 0 Å². The predicted molar refractivity (Wildman–Crippen MR) is 52.8 cm³/mol. The van der Waals surface area contributed by atoms with E-state index in [4.69, 9.17) is 12.2 Å². The maximum absolute atomic E-state index is 5.06. The summed E-state index contributed by atoms with van der Waals surface area (Å²) in [5, 5.41) is 3.30. The smallest absolute Gasteiger partial charge is 0.0758 e. The molecular formula is C9H15NS. The van der Waals surface area contributed by atoms with Crippen LogP contribution >= 0.6 is 12.2 Å². The quantitative estimate of drug-likeness (QED) is 0.503. The molecule has 62 valence electrons. The first kappa shape index (κ1) is 8.72. The molecule has 1 fully saturated rings. The van der Waals surface area contributed by atoms with Gasteiger partial charge in [0.25, 0.3) is 0 Å². The van der Waals surface area contributed by atoms with Crippen LogP contribution in [0.15, 0.2) is 11.6 Å². The molecule has 0 aliphatic carbocycles. The molecular weight excluding hydrogens is 154 g/mol. The molecule has 0 aromatic rings. The summed E-state index contributed by atoms with van der Waals surface area (Å²) in [6, 6.07) is 0.530. The van der Waals surface area contributed by atoms with Gasteiger partial charge >= 0.3 is 0 Å². The summed E-state index contributed by atoms with van der Waals surface area (Å²) in [7, 11) is 0. The fourth-order valence-electron chi connectivity index (χ4n) is 1.42. The van der Waals surface area contributed by atoms with Crippen molar-refractivity contribution in [3.05, 3.63) is 11.6 Å². The van der Waals surface area contributed by atoms with Crippen molar-refractivity contribution in [1.82, 2.24) is 5.32 Å². The highest BCUT2D eigenvalue weighted by Crippen LogP contribution is 2.15. The van der Waals surface area contributed by atoms with Crippen LogP contribution in [0.5, 0.6) is 0 Å². The lowest BCUT2D eigenvalue weighted by Crippen LogP contribution is -2.25. The average molecular weight is 169 g/mol. The molecule has 1 N–H and O–H groups in total. The Balaban J connectivity index is 2.49. The molecule has 0 saturated carbocycles. The molecule has 0 amide bonds. The van der Waals surface area contributed by atoms with Crippen LogP contribution < -0.4 is 5.32 Å². The van der Waals surface area contributed by atoms with Gasteiger partial charge in [-0.25, -0.2) is 0 Å². The zero-order chi connectivity index (χ0) is 8.27. The van der Waals surface area contributed by atoms with E-state index in [2.05, 4.69) is 25.2 Å². The first-order valence-electron chi connectivity index (χ1n) is 4.20. The molecule has 0 bridgehead atoms. The zero-order valence-electron chi connectivity index (χ0n) is 7.18. The summed E-state index contributed by atoms with van der Waals surface area (Å²) in [6.07, 6.45) is 5.64. The Kier molecular flexibility index (Phi) is 3.06. The molecule has 1 rings (SSSR count). The summed E-state index contributed by atoms with van der Waals surface area (Å²) >= 11 is 5.06. The second-order valence-corrected chi connectivity index (χ2v) is 3.51. The molecule has 0 radical (unpaired) electrons. The van der Waals surface area contributed by atoms with E-state index in [9.17, 15) is 0 Å². The molecule has 1 unspecified atom stereocenters. The lowest BCUT2D eigenvalue weighted by atomic mass is 10.1. The largest absolute Gasteiger partial charge is 0.373 e. The second-order valence-electron chi connectivity index (χ2n) is 3.02. The van der Waals surface area contributed by atoms with E-state index < -0.39 is 0 Å². The summed E-state index contributed by atoms with van der Waals surface area (Å²) in [5.74, 6) is 0. The summed E-state index contributed by atoms with van der Waals surface area (Å²) in [5.41, 5.74) is 1.44. The Morgan fingerprint density at radius 1 is 1.82 bits per heavy atom. The Hall–Kier alpha value is -0.370. The van der Waals surface area contributed by atoms with Crippen molar-refractivity contribution < 1.29 is 0 Å². The highest BCUT2D eigenvalue weighted by molar-refractivity contribution is 7.80. The fourth-order valence-corrected chi connectivity index (χ4v) is 1.68. The first-order chi connectivity index (χ1) is 5.24. The number of allylic oxidation sites excluding steroid dienone is 1. The van der Waals surface area contributed by atoms with E-state index in [0.29, 0.717) is 6.04 Å². The summed E-state index contributed by atoms with van der Waals surface area (Å²) in [6.45, 7) is 4.34. The lowest BCUT2D eigenvalue weighted by Gasteiger charge is -2.10. The minimum absolute atomic E-state index is 0.530. The molecule has 1 heterocycles. The lowest BCUT2D eigenvalue weighted by molar-refractivity contribution is 0.713. The Labute approximate surface area is 73.9 Å². The van der Waals surface area contributed by atoms with Gasteiger partial charge in [-0.15, -0.1) is 0 Å². The molecule has 1 saturated heterocycles. The van der Waals surface area contributed by atoms with Crippen LogP contribution in [0, 0.1) is 0 Å². The predicted octanol–water partition coefficient (Wildman–Crippen LogP) is 2.42. The van der Waals surface area contributed by atoms with Crippen molar-refractivity contribution in [3.63, 3.8) is 0 Å². The summed E-state index contributed by atoms with van der Waals surface area (Å²) < 4.78 is 0. The van der Waals surface area contributed by atoms with Crippen LogP contribution in [0.25, 0.3) is 0 Å². The van der Waals surface area contributed by atoms with Gasteiger partial charge in [-0.2, -0.15) is 0 Å². The third-order valence-corrected chi connectivity index (χ3v) is 2.39. The molecule has 0 aromatic carbocycles. The highest BCUT2D eigenvalue weighted by atomic mass is 32.1. The molecule has 1 nitrogen and oxygen atoms in total. The van der Waals surface area contributed by atoms with Crippen LogP contribution in [0.3, 0.4) is 0 Å². The maximum atomic E-state index is 5.06. The normalized spacial score (nSPS) is 25.5. The number of hydrogen-bond acceptors (Lipinski definition) is 1. The molecule has 11 heavy (non-hydrogen) atoms. The molecule has 0 aromatic heterocycles. The van der Waals surface area contributed by atoms with Gasteiger partial charge in [0.05, 0.1) is 4.99 Å². The number of hydrogen-bond donors (Lipinski definition) is 1. The van der Waals surface area contributed by atoms with Crippen LogP contribution in [0.2, 0.25) is 0 Å². The van der Waals surface area contributed by atoms with E-state index in [1.54, 1.807) is 0 Å². The minimum Gasteiger partial charge on any atom is -0.373 e. The average Bonchev–Trinajstić information content (AvgIpc) is 2.36. The standard InChI is InChI=1S/C9H15NS/c1-3-4-7(2)8-5-6-9(11)10-8/h4,8H,3,5-6H2,1-2H3,(H,10,11)/b7-4+. The van der Waals surface area contributed by atoms with Gasteiger partial charge in [0.2, 0.25) is 0 Å². The monoisotopic (exact) mass is 169 g/mol. The van der Waals surface area contributed by atoms with Gasteiger partial charge < -0.3 is 5.32 Å².